The zero-order chi connectivity index (χ0) is 20.7. The molecule has 0 spiro atoms. The Bertz CT molecular complexity index is 1050. The maximum Gasteiger partial charge on any atom is 0.328 e. The molecule has 2 amide bonds. The Kier molecular flexibility index (Phi) is 4.91. The van der Waals surface area contributed by atoms with Crippen molar-refractivity contribution in [3.05, 3.63) is 68.0 Å². The van der Waals surface area contributed by atoms with Crippen molar-refractivity contribution >= 4 is 11.8 Å². The van der Waals surface area contributed by atoms with Crippen LogP contribution in [0, 0.1) is 6.92 Å². The number of hydroxylamine groups is 2. The van der Waals surface area contributed by atoms with Gasteiger partial charge in [0.15, 0.2) is 0 Å². The van der Waals surface area contributed by atoms with Gasteiger partial charge in [0.2, 0.25) is 0 Å². The number of aliphatic hydroxyl groups is 1. The van der Waals surface area contributed by atoms with Crippen LogP contribution in [-0.2, 0) is 16.1 Å². The second-order valence-corrected chi connectivity index (χ2v) is 7.03. The van der Waals surface area contributed by atoms with Gasteiger partial charge < -0.3 is 9.84 Å². The van der Waals surface area contributed by atoms with E-state index in [1.165, 1.54) is 10.8 Å². The van der Waals surface area contributed by atoms with Crippen LogP contribution in [0.4, 0.5) is 0 Å². The van der Waals surface area contributed by atoms with Gasteiger partial charge in [-0.25, -0.2) is 4.79 Å². The topological polar surface area (TPSA) is 131 Å². The lowest BCUT2D eigenvalue weighted by Gasteiger charge is -2.21. The third kappa shape index (κ3) is 3.41. The minimum absolute atomic E-state index is 0.120. The Morgan fingerprint density at radius 2 is 1.83 bits per heavy atom. The van der Waals surface area contributed by atoms with E-state index in [4.69, 9.17) is 9.57 Å². The van der Waals surface area contributed by atoms with Crippen molar-refractivity contribution in [3.8, 4) is 0 Å². The number of imide groups is 1. The molecule has 3 heterocycles. The quantitative estimate of drug-likeness (QED) is 0.651. The van der Waals surface area contributed by atoms with Crippen LogP contribution in [0.1, 0.15) is 32.7 Å². The predicted molar refractivity (Wildman–Crippen MR) is 98.2 cm³/mol. The third-order valence-electron chi connectivity index (χ3n) is 5.04. The van der Waals surface area contributed by atoms with Gasteiger partial charge in [-0.1, -0.05) is 12.1 Å². The van der Waals surface area contributed by atoms with Gasteiger partial charge in [0.25, 0.3) is 17.4 Å². The standard InChI is InChI=1S/C19H19N3O7/c1-10-7-21(19(27)20-16(10)24)8-11-6-14(15(9-23)28-11)29-22-17(25)12-4-2-3-5-13(12)18(22)26/h2-5,7,11,14-15,23H,6,8-9H2,1H3,(H,20,24,27)/t11-,14?,15-/m1/s1. The first kappa shape index (κ1) is 19.2. The van der Waals surface area contributed by atoms with Crippen LogP contribution >= 0.6 is 0 Å². The largest absolute Gasteiger partial charge is 0.394 e. The molecule has 1 fully saturated rings. The van der Waals surface area contributed by atoms with Crippen LogP contribution in [0.5, 0.6) is 0 Å². The number of aryl methyl sites for hydroxylation is 1. The SMILES string of the molecule is Cc1cn(C[C@H]2CC(ON3C(=O)c4ccccc4C3=O)[C@@H](CO)O2)c(=O)[nH]c1=O. The van der Waals surface area contributed by atoms with Crippen molar-refractivity contribution in [2.24, 2.45) is 0 Å². The van der Waals surface area contributed by atoms with E-state index in [2.05, 4.69) is 4.98 Å². The maximum absolute atomic E-state index is 12.5. The van der Waals surface area contributed by atoms with Gasteiger partial charge in [-0.2, -0.15) is 0 Å². The fraction of sp³-hybridized carbons (Fsp3) is 0.368. The van der Waals surface area contributed by atoms with Crippen molar-refractivity contribution < 1.29 is 24.3 Å². The molecule has 1 aromatic carbocycles. The highest BCUT2D eigenvalue weighted by atomic mass is 16.7. The van der Waals surface area contributed by atoms with Crippen LogP contribution in [0.15, 0.2) is 40.1 Å². The summed E-state index contributed by atoms with van der Waals surface area (Å²) in [6.45, 7) is 1.31. The first-order chi connectivity index (χ1) is 13.9. The first-order valence-electron chi connectivity index (χ1n) is 9.10. The van der Waals surface area contributed by atoms with E-state index < -0.39 is 41.4 Å². The molecule has 1 unspecified atom stereocenters. The minimum Gasteiger partial charge on any atom is -0.394 e. The molecule has 2 aliphatic rings. The number of aromatic amines is 1. The number of carbonyl (C=O) groups is 2. The van der Waals surface area contributed by atoms with E-state index in [0.717, 1.165) is 0 Å². The Labute approximate surface area is 164 Å². The molecule has 0 bridgehead atoms. The van der Waals surface area contributed by atoms with Crippen LogP contribution < -0.4 is 11.2 Å². The number of aliphatic hydroxyl groups excluding tert-OH is 1. The second-order valence-electron chi connectivity index (χ2n) is 7.03. The Hall–Kier alpha value is -3.08. The van der Waals surface area contributed by atoms with Crippen LogP contribution in [0.3, 0.4) is 0 Å². The molecule has 4 rings (SSSR count). The number of hydrogen-bond acceptors (Lipinski definition) is 7. The summed E-state index contributed by atoms with van der Waals surface area (Å²) in [7, 11) is 0. The minimum atomic E-state index is -0.774. The summed E-state index contributed by atoms with van der Waals surface area (Å²) in [5, 5.41) is 10.3. The van der Waals surface area contributed by atoms with Gasteiger partial charge in [0, 0.05) is 18.2 Å². The highest BCUT2D eigenvalue weighted by molar-refractivity contribution is 6.20. The molecular weight excluding hydrogens is 382 g/mol. The molecule has 152 valence electrons. The number of amides is 2. The van der Waals surface area contributed by atoms with Gasteiger partial charge in [-0.15, -0.1) is 5.06 Å². The average Bonchev–Trinajstić information content (AvgIpc) is 3.20. The highest BCUT2D eigenvalue weighted by Gasteiger charge is 2.43. The van der Waals surface area contributed by atoms with E-state index in [9.17, 15) is 24.3 Å². The summed E-state index contributed by atoms with van der Waals surface area (Å²) in [4.78, 5) is 56.3. The van der Waals surface area contributed by atoms with E-state index in [0.29, 0.717) is 10.6 Å². The second kappa shape index (κ2) is 7.39. The fourth-order valence-corrected chi connectivity index (χ4v) is 3.56. The van der Waals surface area contributed by atoms with Crippen LogP contribution in [-0.4, -0.2) is 56.5 Å². The number of benzene rings is 1. The zero-order valence-electron chi connectivity index (χ0n) is 15.5. The highest BCUT2D eigenvalue weighted by Crippen LogP contribution is 2.29. The van der Waals surface area contributed by atoms with Crippen molar-refractivity contribution in [2.75, 3.05) is 6.61 Å². The molecule has 10 nitrogen and oxygen atoms in total. The summed E-state index contributed by atoms with van der Waals surface area (Å²) in [6, 6.07) is 6.40. The number of hydrogen-bond donors (Lipinski definition) is 2. The number of rotatable bonds is 5. The Morgan fingerprint density at radius 3 is 2.45 bits per heavy atom. The van der Waals surface area contributed by atoms with Gasteiger partial charge in [-0.3, -0.25) is 28.8 Å². The summed E-state index contributed by atoms with van der Waals surface area (Å²) in [5.41, 5.74) is -0.152. The number of fused-ring (bicyclic) bond motifs is 1. The molecule has 2 aliphatic heterocycles. The summed E-state index contributed by atoms with van der Waals surface area (Å²) in [6.07, 6.45) is -0.383. The zero-order valence-corrected chi connectivity index (χ0v) is 15.5. The summed E-state index contributed by atoms with van der Waals surface area (Å²) in [5.74, 6) is -1.14. The molecule has 29 heavy (non-hydrogen) atoms. The number of nitrogens with zero attached hydrogens (tertiary/aromatic N) is 2. The summed E-state index contributed by atoms with van der Waals surface area (Å²) < 4.78 is 7.04. The van der Waals surface area contributed by atoms with Gasteiger partial charge in [0.05, 0.1) is 30.4 Å². The lowest BCUT2D eigenvalue weighted by Crippen LogP contribution is -2.39. The van der Waals surface area contributed by atoms with E-state index in [1.54, 1.807) is 31.2 Å². The first-order valence-corrected chi connectivity index (χ1v) is 9.10. The molecule has 0 saturated carbocycles. The number of H-pyrrole nitrogens is 1. The van der Waals surface area contributed by atoms with Gasteiger partial charge in [0.1, 0.15) is 12.2 Å². The Balaban J connectivity index is 1.49. The molecule has 0 aliphatic carbocycles. The lowest BCUT2D eigenvalue weighted by atomic mass is 10.1. The van der Waals surface area contributed by atoms with Crippen molar-refractivity contribution in [3.63, 3.8) is 0 Å². The molecular formula is C19H19N3O7. The van der Waals surface area contributed by atoms with E-state index in [1.807, 2.05) is 0 Å². The molecule has 2 N–H and O–H groups in total. The third-order valence-corrected chi connectivity index (χ3v) is 5.04. The van der Waals surface area contributed by atoms with Crippen molar-refractivity contribution in [1.82, 2.24) is 14.6 Å². The maximum atomic E-state index is 12.5. The van der Waals surface area contributed by atoms with Crippen molar-refractivity contribution in [1.29, 1.82) is 0 Å². The summed E-state index contributed by atoms with van der Waals surface area (Å²) >= 11 is 0. The van der Waals surface area contributed by atoms with Crippen LogP contribution in [0.25, 0.3) is 0 Å². The number of aromatic nitrogens is 2. The monoisotopic (exact) mass is 401 g/mol. The number of ether oxygens (including phenoxy) is 1. The Morgan fingerprint density at radius 1 is 1.17 bits per heavy atom. The van der Waals surface area contributed by atoms with Gasteiger partial charge in [-0.05, 0) is 19.1 Å². The fourth-order valence-electron chi connectivity index (χ4n) is 3.56. The molecule has 0 radical (unpaired) electrons. The molecule has 2 aromatic rings. The molecule has 1 saturated heterocycles. The normalized spacial score (nSPS) is 23.7. The van der Waals surface area contributed by atoms with Crippen LogP contribution in [0.2, 0.25) is 0 Å². The van der Waals surface area contributed by atoms with Gasteiger partial charge >= 0.3 is 5.69 Å². The smallest absolute Gasteiger partial charge is 0.328 e. The number of nitrogens with one attached hydrogen (secondary N) is 1. The average molecular weight is 401 g/mol. The van der Waals surface area contributed by atoms with E-state index >= 15 is 0 Å². The molecule has 1 aromatic heterocycles. The van der Waals surface area contributed by atoms with E-state index in [-0.39, 0.29) is 30.7 Å². The predicted octanol–water partition coefficient (Wildman–Crippen LogP) is -0.409. The number of carbonyl (C=O) groups excluding carboxylic acids is 2. The molecule has 10 heteroatoms. The molecule has 3 atom stereocenters. The van der Waals surface area contributed by atoms with Crippen molar-refractivity contribution in [2.45, 2.75) is 38.2 Å². The lowest BCUT2D eigenvalue weighted by molar-refractivity contribution is -0.154.